The van der Waals surface area contributed by atoms with E-state index in [2.05, 4.69) is 0 Å². The highest BCUT2D eigenvalue weighted by Crippen LogP contribution is 2.29. The van der Waals surface area contributed by atoms with E-state index < -0.39 is 15.8 Å². The van der Waals surface area contributed by atoms with Crippen molar-refractivity contribution in [1.82, 2.24) is 9.21 Å². The molecule has 0 atom stereocenters. The number of para-hydroxylation sites is 1. The Balaban J connectivity index is 1.43. The largest absolute Gasteiger partial charge is 0.461 e. The molecule has 1 aliphatic rings. The first kappa shape index (κ1) is 22.5. The summed E-state index contributed by atoms with van der Waals surface area (Å²) in [6.07, 6.45) is 1.55. The molecule has 6 nitrogen and oxygen atoms in total. The van der Waals surface area contributed by atoms with Gasteiger partial charge < -0.3 is 9.32 Å². The van der Waals surface area contributed by atoms with Gasteiger partial charge in [-0.25, -0.2) is 12.8 Å². The van der Waals surface area contributed by atoms with Crippen LogP contribution in [-0.4, -0.2) is 43.7 Å². The molecule has 1 fully saturated rings. The molecular weight excluding hydrogens is 431 g/mol. The molecule has 170 valence electrons. The normalized spacial score (nSPS) is 15.8. The number of rotatable bonds is 6. The summed E-state index contributed by atoms with van der Waals surface area (Å²) in [5, 5.41) is 1.01. The van der Waals surface area contributed by atoms with Gasteiger partial charge >= 0.3 is 0 Å². The predicted octanol–water partition coefficient (Wildman–Crippen LogP) is 4.19. The smallest absolute Gasteiger partial charge is 0.245 e. The number of benzene rings is 2. The Morgan fingerprint density at radius 1 is 1.12 bits per heavy atom. The minimum Gasteiger partial charge on any atom is -0.461 e. The number of sulfonamides is 1. The van der Waals surface area contributed by atoms with Crippen molar-refractivity contribution >= 4 is 26.9 Å². The van der Waals surface area contributed by atoms with Crippen LogP contribution in [0.4, 0.5) is 4.39 Å². The van der Waals surface area contributed by atoms with Crippen molar-refractivity contribution in [1.29, 1.82) is 0 Å². The van der Waals surface area contributed by atoms with Crippen LogP contribution in [0.3, 0.4) is 0 Å². The molecule has 0 unspecified atom stereocenters. The molecule has 2 aromatic carbocycles. The molecule has 0 N–H and O–H groups in total. The van der Waals surface area contributed by atoms with E-state index in [9.17, 15) is 17.6 Å². The van der Waals surface area contributed by atoms with Crippen LogP contribution in [0.15, 0.2) is 57.8 Å². The lowest BCUT2D eigenvalue weighted by Crippen LogP contribution is -2.43. The number of piperidine rings is 1. The number of aryl methyl sites for hydroxylation is 1. The molecule has 1 amide bonds. The quantitative estimate of drug-likeness (QED) is 0.555. The van der Waals surface area contributed by atoms with E-state index in [-0.39, 0.29) is 29.8 Å². The summed E-state index contributed by atoms with van der Waals surface area (Å²) in [4.78, 5) is 14.5. The van der Waals surface area contributed by atoms with Gasteiger partial charge in [0.15, 0.2) is 0 Å². The monoisotopic (exact) mass is 458 g/mol. The first-order valence-electron chi connectivity index (χ1n) is 10.8. The number of carbonyl (C=O) groups is 1. The minimum absolute atomic E-state index is 0.0136. The zero-order valence-corrected chi connectivity index (χ0v) is 19.1. The Morgan fingerprint density at radius 2 is 1.78 bits per heavy atom. The van der Waals surface area contributed by atoms with E-state index in [1.807, 2.05) is 31.2 Å². The maximum atomic E-state index is 14.0. The van der Waals surface area contributed by atoms with Crippen molar-refractivity contribution in [3.63, 3.8) is 0 Å². The summed E-state index contributed by atoms with van der Waals surface area (Å²) in [6.45, 7) is 2.84. The molecule has 2 heterocycles. The van der Waals surface area contributed by atoms with Crippen molar-refractivity contribution in [3.8, 4) is 0 Å². The molecule has 4 rings (SSSR count). The van der Waals surface area contributed by atoms with Crippen LogP contribution in [0.25, 0.3) is 11.0 Å². The third kappa shape index (κ3) is 4.17. The van der Waals surface area contributed by atoms with E-state index in [0.717, 1.165) is 34.8 Å². The van der Waals surface area contributed by atoms with Crippen LogP contribution in [0, 0.1) is 11.7 Å². The molecule has 0 saturated carbocycles. The van der Waals surface area contributed by atoms with Crippen molar-refractivity contribution in [3.05, 3.63) is 65.7 Å². The molecule has 0 spiro atoms. The maximum absolute atomic E-state index is 14.0. The average Bonchev–Trinajstić information content (AvgIpc) is 3.16. The van der Waals surface area contributed by atoms with Gasteiger partial charge in [0.05, 0.1) is 0 Å². The Hall–Kier alpha value is -2.71. The highest BCUT2D eigenvalue weighted by atomic mass is 32.2. The highest BCUT2D eigenvalue weighted by molar-refractivity contribution is 7.89. The zero-order chi connectivity index (χ0) is 22.9. The lowest BCUT2D eigenvalue weighted by atomic mass is 9.96. The van der Waals surface area contributed by atoms with Crippen LogP contribution in [0.1, 0.15) is 31.1 Å². The minimum atomic E-state index is -3.92. The van der Waals surface area contributed by atoms with Crippen molar-refractivity contribution in [2.75, 3.05) is 20.1 Å². The SMILES string of the molecule is CCc1oc2ccccc2c1CN(C)C(=O)C1CCN(S(=O)(=O)c2ccccc2F)CC1. The van der Waals surface area contributed by atoms with Gasteiger partial charge in [-0.15, -0.1) is 0 Å². The Morgan fingerprint density at radius 3 is 2.47 bits per heavy atom. The fraction of sp³-hybridized carbons (Fsp3) is 0.375. The summed E-state index contributed by atoms with van der Waals surface area (Å²) in [6, 6.07) is 13.2. The molecule has 1 aliphatic heterocycles. The fourth-order valence-electron chi connectivity index (χ4n) is 4.37. The second-order valence-corrected chi connectivity index (χ2v) is 10.1. The number of fused-ring (bicyclic) bond motifs is 1. The summed E-state index contributed by atoms with van der Waals surface area (Å²) in [5.41, 5.74) is 1.82. The van der Waals surface area contributed by atoms with E-state index >= 15 is 0 Å². The maximum Gasteiger partial charge on any atom is 0.245 e. The third-order valence-electron chi connectivity index (χ3n) is 6.13. The Bertz CT molecular complexity index is 1230. The molecule has 0 aliphatic carbocycles. The number of halogens is 1. The predicted molar refractivity (Wildman–Crippen MR) is 120 cm³/mol. The first-order valence-corrected chi connectivity index (χ1v) is 12.3. The number of hydrogen-bond acceptors (Lipinski definition) is 4. The van der Waals surface area contributed by atoms with E-state index in [1.165, 1.54) is 22.5 Å². The third-order valence-corrected chi connectivity index (χ3v) is 8.06. The number of hydrogen-bond donors (Lipinski definition) is 0. The van der Waals surface area contributed by atoms with Crippen molar-refractivity contribution in [2.45, 2.75) is 37.6 Å². The average molecular weight is 459 g/mol. The van der Waals surface area contributed by atoms with Crippen LogP contribution >= 0.6 is 0 Å². The van der Waals surface area contributed by atoms with Gasteiger partial charge in [0.1, 0.15) is 22.1 Å². The van der Waals surface area contributed by atoms with Gasteiger partial charge in [-0.1, -0.05) is 37.3 Å². The van der Waals surface area contributed by atoms with Crippen LogP contribution in [0.2, 0.25) is 0 Å². The van der Waals surface area contributed by atoms with Crippen LogP contribution < -0.4 is 0 Å². The molecule has 0 radical (unpaired) electrons. The second-order valence-electron chi connectivity index (χ2n) is 8.16. The first-order chi connectivity index (χ1) is 15.3. The van der Waals surface area contributed by atoms with Crippen LogP contribution in [-0.2, 0) is 27.8 Å². The molecule has 1 aromatic heterocycles. The Labute approximate surface area is 187 Å². The van der Waals surface area contributed by atoms with E-state index in [0.29, 0.717) is 19.4 Å². The highest BCUT2D eigenvalue weighted by Gasteiger charge is 2.34. The molecule has 32 heavy (non-hydrogen) atoms. The number of nitrogens with zero attached hydrogens (tertiary/aromatic N) is 2. The van der Waals surface area contributed by atoms with Gasteiger partial charge in [-0.05, 0) is 31.0 Å². The van der Waals surface area contributed by atoms with Gasteiger partial charge in [0, 0.05) is 50.0 Å². The lowest BCUT2D eigenvalue weighted by Gasteiger charge is -2.32. The Kier molecular flexibility index (Phi) is 6.35. The summed E-state index contributed by atoms with van der Waals surface area (Å²) >= 11 is 0. The van der Waals surface area contributed by atoms with Gasteiger partial charge in [0.25, 0.3) is 0 Å². The van der Waals surface area contributed by atoms with Crippen LogP contribution in [0.5, 0.6) is 0 Å². The molecular formula is C24H27FN2O4S. The molecule has 0 bridgehead atoms. The topological polar surface area (TPSA) is 70.8 Å². The lowest BCUT2D eigenvalue weighted by molar-refractivity contribution is -0.135. The number of carbonyl (C=O) groups excluding carboxylic acids is 1. The van der Waals surface area contributed by atoms with Gasteiger partial charge in [-0.2, -0.15) is 4.31 Å². The number of amides is 1. The van der Waals surface area contributed by atoms with Crippen molar-refractivity contribution < 1.29 is 22.0 Å². The zero-order valence-electron chi connectivity index (χ0n) is 18.3. The summed E-state index contributed by atoms with van der Waals surface area (Å²) in [7, 11) is -2.15. The van der Waals surface area contributed by atoms with Gasteiger partial charge in [0.2, 0.25) is 15.9 Å². The molecule has 8 heteroatoms. The molecule has 1 saturated heterocycles. The fourth-order valence-corrected chi connectivity index (χ4v) is 5.91. The standard InChI is InChI=1S/C24H27FN2O4S/c1-3-21-19(18-8-4-6-10-22(18)31-21)16-26(2)24(28)17-12-14-27(15-13-17)32(29,30)23-11-7-5-9-20(23)25/h4-11,17H,3,12-16H2,1-2H3. The van der Waals surface area contributed by atoms with Gasteiger partial charge in [-0.3, -0.25) is 4.79 Å². The van der Waals surface area contributed by atoms with E-state index in [1.54, 1.807) is 11.9 Å². The number of furan rings is 1. The molecule has 3 aromatic rings. The van der Waals surface area contributed by atoms with Crippen molar-refractivity contribution in [2.24, 2.45) is 5.92 Å². The van der Waals surface area contributed by atoms with E-state index in [4.69, 9.17) is 4.42 Å². The second kappa shape index (κ2) is 9.03. The summed E-state index contributed by atoms with van der Waals surface area (Å²) in [5.74, 6) is -0.170. The summed E-state index contributed by atoms with van der Waals surface area (Å²) < 4.78 is 46.8.